The number of β-amino-alcohol motifs (C(OH)–C–C–N with tert-alkyl or cyclic N) is 1. The minimum atomic E-state index is -1.18. The Morgan fingerprint density at radius 3 is 2.75 bits per heavy atom. The summed E-state index contributed by atoms with van der Waals surface area (Å²) < 4.78 is 5.60. The molecular formula is C22H35NO4S. The van der Waals surface area contributed by atoms with Crippen LogP contribution in [-0.4, -0.2) is 69.9 Å². The Morgan fingerprint density at radius 1 is 1.39 bits per heavy atom. The van der Waals surface area contributed by atoms with Crippen LogP contribution in [0, 0.1) is 5.92 Å². The number of fused-ring (bicyclic) bond motifs is 1. The predicted octanol–water partition coefficient (Wildman–Crippen LogP) is 2.60. The maximum absolute atomic E-state index is 11.7. The highest BCUT2D eigenvalue weighted by Crippen LogP contribution is 2.49. The van der Waals surface area contributed by atoms with Crippen LogP contribution >= 0.6 is 11.3 Å². The lowest BCUT2D eigenvalue weighted by molar-refractivity contribution is -0.265. The van der Waals surface area contributed by atoms with E-state index in [1.807, 2.05) is 6.92 Å². The van der Waals surface area contributed by atoms with E-state index in [9.17, 15) is 15.3 Å². The van der Waals surface area contributed by atoms with Gasteiger partial charge in [-0.05, 0) is 57.9 Å². The summed E-state index contributed by atoms with van der Waals surface area (Å²) in [6.45, 7) is 7.21. The van der Waals surface area contributed by atoms with Gasteiger partial charge in [0.25, 0.3) is 0 Å². The molecule has 1 aliphatic heterocycles. The molecule has 0 amide bonds. The summed E-state index contributed by atoms with van der Waals surface area (Å²) in [5.74, 6) is -0.526. The molecule has 0 bridgehead atoms. The Bertz CT molecular complexity index is 670. The number of rotatable bonds is 6. The Kier molecular flexibility index (Phi) is 6.69. The number of aliphatic hydroxyl groups excluding tert-OH is 1. The van der Waals surface area contributed by atoms with Crippen molar-refractivity contribution in [2.75, 3.05) is 20.2 Å². The van der Waals surface area contributed by atoms with Crippen molar-refractivity contribution in [1.82, 2.24) is 4.90 Å². The van der Waals surface area contributed by atoms with Gasteiger partial charge < -0.3 is 20.1 Å². The van der Waals surface area contributed by atoms with Gasteiger partial charge >= 0.3 is 0 Å². The Balaban J connectivity index is 1.92. The molecule has 0 radical (unpaired) electrons. The van der Waals surface area contributed by atoms with Crippen molar-refractivity contribution in [2.24, 2.45) is 5.92 Å². The van der Waals surface area contributed by atoms with E-state index < -0.39 is 29.3 Å². The summed E-state index contributed by atoms with van der Waals surface area (Å²) >= 11 is 1.74. The third-order valence-electron chi connectivity index (χ3n) is 6.63. The maximum atomic E-state index is 11.7. The molecule has 1 aromatic rings. The van der Waals surface area contributed by atoms with Gasteiger partial charge in [0.2, 0.25) is 0 Å². The fraction of sp³-hybridized carbons (Fsp3) is 0.727. The second-order valence-corrected chi connectivity index (χ2v) is 9.98. The van der Waals surface area contributed by atoms with E-state index in [-0.39, 0.29) is 6.04 Å². The summed E-state index contributed by atoms with van der Waals surface area (Å²) in [6.07, 6.45) is 3.49. The second-order valence-electron chi connectivity index (χ2n) is 8.95. The first-order valence-electron chi connectivity index (χ1n) is 10.2. The number of aliphatic hydroxyl groups is 3. The number of nitrogens with zero attached hydrogens (tertiary/aromatic N) is 1. The third kappa shape index (κ3) is 4.23. The minimum Gasteiger partial charge on any atom is -0.390 e. The fourth-order valence-corrected chi connectivity index (χ4v) is 6.01. The summed E-state index contributed by atoms with van der Waals surface area (Å²) in [4.78, 5) is 3.56. The van der Waals surface area contributed by atoms with Gasteiger partial charge in [0.05, 0.1) is 23.4 Å². The highest BCUT2D eigenvalue weighted by Gasteiger charge is 2.62. The first kappa shape index (κ1) is 21.9. The summed E-state index contributed by atoms with van der Waals surface area (Å²) in [5.41, 5.74) is -1.04. The van der Waals surface area contributed by atoms with Crippen molar-refractivity contribution in [3.8, 4) is 0 Å². The highest BCUT2D eigenvalue weighted by atomic mass is 32.1. The molecule has 6 atom stereocenters. The molecular weight excluding hydrogens is 374 g/mol. The summed E-state index contributed by atoms with van der Waals surface area (Å²) in [6, 6.07) is 4.05. The SMILES string of the molecule is CO[C@@H]1[C@H](O)CC[C@]2(O)CN(CCc3cccs3)[C@@H](CC=C(C)C)[C@](C)(O)[C@@H]12. The lowest BCUT2D eigenvalue weighted by Gasteiger charge is -2.61. The lowest BCUT2D eigenvalue weighted by atomic mass is 9.59. The third-order valence-corrected chi connectivity index (χ3v) is 7.56. The van der Waals surface area contributed by atoms with Gasteiger partial charge in [-0.1, -0.05) is 17.7 Å². The molecule has 1 saturated heterocycles. The zero-order chi connectivity index (χ0) is 20.5. The van der Waals surface area contributed by atoms with Crippen LogP contribution in [0.4, 0.5) is 0 Å². The predicted molar refractivity (Wildman–Crippen MR) is 113 cm³/mol. The van der Waals surface area contributed by atoms with Crippen LogP contribution in [0.1, 0.15) is 44.9 Å². The maximum Gasteiger partial charge on any atom is 0.0914 e. The van der Waals surface area contributed by atoms with E-state index in [2.05, 4.69) is 42.3 Å². The largest absolute Gasteiger partial charge is 0.390 e. The van der Waals surface area contributed by atoms with E-state index in [1.165, 1.54) is 10.5 Å². The molecule has 0 unspecified atom stereocenters. The van der Waals surface area contributed by atoms with Crippen molar-refractivity contribution >= 4 is 11.3 Å². The molecule has 158 valence electrons. The number of hydrogen-bond acceptors (Lipinski definition) is 6. The van der Waals surface area contributed by atoms with Crippen molar-refractivity contribution < 1.29 is 20.1 Å². The lowest BCUT2D eigenvalue weighted by Crippen LogP contribution is -2.75. The highest BCUT2D eigenvalue weighted by molar-refractivity contribution is 7.09. The van der Waals surface area contributed by atoms with Crippen molar-refractivity contribution in [1.29, 1.82) is 0 Å². The molecule has 1 aliphatic carbocycles. The second kappa shape index (κ2) is 8.54. The zero-order valence-corrected chi connectivity index (χ0v) is 18.3. The molecule has 1 saturated carbocycles. The summed E-state index contributed by atoms with van der Waals surface area (Å²) in [5, 5.41) is 35.9. The van der Waals surface area contributed by atoms with Gasteiger partial charge in [0.15, 0.2) is 0 Å². The van der Waals surface area contributed by atoms with Crippen molar-refractivity contribution in [3.63, 3.8) is 0 Å². The van der Waals surface area contributed by atoms with Gasteiger partial charge in [-0.25, -0.2) is 0 Å². The number of piperidine rings is 1. The molecule has 5 nitrogen and oxygen atoms in total. The van der Waals surface area contributed by atoms with Crippen LogP contribution in [0.2, 0.25) is 0 Å². The molecule has 3 rings (SSSR count). The van der Waals surface area contributed by atoms with Gasteiger partial charge in [-0.2, -0.15) is 0 Å². The number of hydrogen-bond donors (Lipinski definition) is 3. The van der Waals surface area contributed by atoms with Crippen LogP contribution in [0.5, 0.6) is 0 Å². The topological polar surface area (TPSA) is 73.2 Å². The molecule has 28 heavy (non-hydrogen) atoms. The van der Waals surface area contributed by atoms with E-state index >= 15 is 0 Å². The molecule has 2 aliphatic rings. The molecule has 2 heterocycles. The normalized spacial score (nSPS) is 38.8. The van der Waals surface area contributed by atoms with E-state index in [1.54, 1.807) is 18.4 Å². The first-order valence-corrected chi connectivity index (χ1v) is 11.1. The molecule has 0 spiro atoms. The van der Waals surface area contributed by atoms with Crippen LogP contribution in [-0.2, 0) is 11.2 Å². The van der Waals surface area contributed by atoms with Gasteiger partial charge in [-0.15, -0.1) is 11.3 Å². The van der Waals surface area contributed by atoms with E-state index in [0.29, 0.717) is 25.8 Å². The number of ether oxygens (including phenoxy) is 1. The molecule has 0 aromatic carbocycles. The van der Waals surface area contributed by atoms with E-state index in [0.717, 1.165) is 13.0 Å². The standard InChI is InChI=1S/C22H35NO4S/c1-15(2)7-8-18-21(3,25)20-19(27-4)17(24)9-11-22(20,26)14-23(18)12-10-16-6-5-13-28-16/h5-7,13,17-20,24-26H,8-12,14H2,1-4H3/t17-,18+,19-,20-,21+,22+/m1/s1. The zero-order valence-electron chi connectivity index (χ0n) is 17.5. The number of allylic oxidation sites excluding steroid dienone is 1. The number of likely N-dealkylation sites (tertiary alicyclic amines) is 1. The monoisotopic (exact) mass is 409 g/mol. The Labute approximate surface area is 172 Å². The molecule has 6 heteroatoms. The molecule has 1 aromatic heterocycles. The average Bonchev–Trinajstić information content (AvgIpc) is 3.13. The van der Waals surface area contributed by atoms with Crippen molar-refractivity contribution in [3.05, 3.63) is 34.0 Å². The van der Waals surface area contributed by atoms with Crippen LogP contribution in [0.25, 0.3) is 0 Å². The Morgan fingerprint density at radius 2 is 2.14 bits per heavy atom. The average molecular weight is 410 g/mol. The van der Waals surface area contributed by atoms with Gasteiger partial charge in [0, 0.05) is 37.0 Å². The van der Waals surface area contributed by atoms with Crippen LogP contribution < -0.4 is 0 Å². The quantitative estimate of drug-likeness (QED) is 0.630. The van der Waals surface area contributed by atoms with Gasteiger partial charge in [0.1, 0.15) is 0 Å². The summed E-state index contributed by atoms with van der Waals surface area (Å²) in [7, 11) is 1.56. The minimum absolute atomic E-state index is 0.143. The van der Waals surface area contributed by atoms with Crippen LogP contribution in [0.15, 0.2) is 29.2 Å². The number of thiophene rings is 1. The van der Waals surface area contributed by atoms with Gasteiger partial charge in [-0.3, -0.25) is 4.90 Å². The number of methoxy groups -OCH3 is 1. The fourth-order valence-electron chi connectivity index (χ4n) is 5.31. The first-order chi connectivity index (χ1) is 13.2. The molecule has 3 N–H and O–H groups in total. The van der Waals surface area contributed by atoms with E-state index in [4.69, 9.17) is 4.74 Å². The molecule has 2 fully saturated rings. The van der Waals surface area contributed by atoms with Crippen molar-refractivity contribution in [2.45, 2.75) is 75.9 Å². The van der Waals surface area contributed by atoms with Crippen LogP contribution in [0.3, 0.4) is 0 Å². The Hall–Kier alpha value is -0.760. The smallest absolute Gasteiger partial charge is 0.0914 e.